The minimum absolute atomic E-state index is 0.693. The summed E-state index contributed by atoms with van der Waals surface area (Å²) in [5.74, 6) is 0. The fourth-order valence-corrected chi connectivity index (χ4v) is 2.45. The average Bonchev–Trinajstić information content (AvgIpc) is 2.58. The SMILES string of the molecule is Cc1nc(C)c(-c2cccc(C#N)c2)s1. The van der Waals surface area contributed by atoms with Crippen LogP contribution in [0.5, 0.6) is 0 Å². The number of aryl methyl sites for hydroxylation is 2. The van der Waals surface area contributed by atoms with E-state index >= 15 is 0 Å². The second-order valence-corrected chi connectivity index (χ2v) is 4.54. The van der Waals surface area contributed by atoms with Gasteiger partial charge in [0.05, 0.1) is 27.2 Å². The highest BCUT2D eigenvalue weighted by Crippen LogP contribution is 2.29. The zero-order valence-electron chi connectivity index (χ0n) is 8.61. The molecule has 0 radical (unpaired) electrons. The molecule has 1 aromatic heterocycles. The predicted octanol–water partition coefficient (Wildman–Crippen LogP) is 3.30. The van der Waals surface area contributed by atoms with Crippen LogP contribution in [0.1, 0.15) is 16.3 Å². The van der Waals surface area contributed by atoms with Gasteiger partial charge in [-0.2, -0.15) is 5.26 Å². The summed E-state index contributed by atoms with van der Waals surface area (Å²) in [5, 5.41) is 9.88. The van der Waals surface area contributed by atoms with Gasteiger partial charge in [0.15, 0.2) is 0 Å². The van der Waals surface area contributed by atoms with Gasteiger partial charge in [0.1, 0.15) is 0 Å². The molecular weight excluding hydrogens is 204 g/mol. The minimum Gasteiger partial charge on any atom is -0.246 e. The summed E-state index contributed by atoms with van der Waals surface area (Å²) in [4.78, 5) is 5.54. The van der Waals surface area contributed by atoms with Crippen molar-refractivity contribution in [3.05, 3.63) is 40.5 Å². The van der Waals surface area contributed by atoms with Crippen molar-refractivity contribution in [1.82, 2.24) is 4.98 Å². The van der Waals surface area contributed by atoms with E-state index < -0.39 is 0 Å². The fourth-order valence-electron chi connectivity index (χ4n) is 1.53. The van der Waals surface area contributed by atoms with Crippen molar-refractivity contribution in [1.29, 1.82) is 5.26 Å². The minimum atomic E-state index is 0.693. The Hall–Kier alpha value is -1.66. The van der Waals surface area contributed by atoms with Crippen molar-refractivity contribution in [3.63, 3.8) is 0 Å². The molecule has 2 aromatic rings. The Bertz CT molecular complexity index is 535. The highest BCUT2D eigenvalue weighted by Gasteiger charge is 2.07. The highest BCUT2D eigenvalue weighted by atomic mass is 32.1. The molecule has 1 aromatic carbocycles. The number of hydrogen-bond donors (Lipinski definition) is 0. The number of rotatable bonds is 1. The van der Waals surface area contributed by atoms with Gasteiger partial charge in [-0.05, 0) is 31.5 Å². The van der Waals surface area contributed by atoms with Crippen LogP contribution in [-0.2, 0) is 0 Å². The third-order valence-corrected chi connectivity index (χ3v) is 3.28. The molecule has 0 saturated heterocycles. The lowest BCUT2D eigenvalue weighted by Crippen LogP contribution is -1.79. The van der Waals surface area contributed by atoms with E-state index in [1.807, 2.05) is 38.1 Å². The van der Waals surface area contributed by atoms with Gasteiger partial charge in [0, 0.05) is 0 Å². The number of aromatic nitrogens is 1. The van der Waals surface area contributed by atoms with Crippen LogP contribution in [0.3, 0.4) is 0 Å². The maximum absolute atomic E-state index is 8.82. The van der Waals surface area contributed by atoms with Crippen LogP contribution in [0.4, 0.5) is 0 Å². The Morgan fingerprint density at radius 3 is 2.73 bits per heavy atom. The first-order valence-electron chi connectivity index (χ1n) is 4.65. The lowest BCUT2D eigenvalue weighted by molar-refractivity contribution is 1.20. The smallest absolute Gasteiger partial charge is 0.0991 e. The van der Waals surface area contributed by atoms with Gasteiger partial charge in [0.25, 0.3) is 0 Å². The van der Waals surface area contributed by atoms with Crippen molar-refractivity contribution < 1.29 is 0 Å². The number of benzene rings is 1. The first-order valence-corrected chi connectivity index (χ1v) is 5.47. The van der Waals surface area contributed by atoms with Crippen molar-refractivity contribution in [2.24, 2.45) is 0 Å². The summed E-state index contributed by atoms with van der Waals surface area (Å²) in [7, 11) is 0. The van der Waals surface area contributed by atoms with Crippen LogP contribution in [0, 0.1) is 25.2 Å². The van der Waals surface area contributed by atoms with E-state index in [1.165, 1.54) is 0 Å². The Kier molecular flexibility index (Phi) is 2.53. The first-order chi connectivity index (χ1) is 7.20. The second-order valence-electron chi connectivity index (χ2n) is 3.34. The molecule has 0 fully saturated rings. The third kappa shape index (κ3) is 1.90. The molecule has 0 bridgehead atoms. The van der Waals surface area contributed by atoms with Crippen LogP contribution in [-0.4, -0.2) is 4.98 Å². The molecule has 0 aliphatic carbocycles. The van der Waals surface area contributed by atoms with Crippen molar-refractivity contribution >= 4 is 11.3 Å². The van der Waals surface area contributed by atoms with Crippen molar-refractivity contribution in [3.8, 4) is 16.5 Å². The molecule has 0 saturated carbocycles. The summed E-state index contributed by atoms with van der Waals surface area (Å²) in [6.07, 6.45) is 0. The summed E-state index contributed by atoms with van der Waals surface area (Å²) < 4.78 is 0. The fraction of sp³-hybridized carbons (Fsp3) is 0.167. The van der Waals surface area contributed by atoms with E-state index in [4.69, 9.17) is 5.26 Å². The summed E-state index contributed by atoms with van der Waals surface area (Å²) in [6.45, 7) is 3.99. The van der Waals surface area contributed by atoms with E-state index in [0.29, 0.717) is 5.56 Å². The third-order valence-electron chi connectivity index (χ3n) is 2.16. The quantitative estimate of drug-likeness (QED) is 0.730. The van der Waals surface area contributed by atoms with Gasteiger partial charge in [-0.25, -0.2) is 4.98 Å². The average molecular weight is 214 g/mol. The van der Waals surface area contributed by atoms with Gasteiger partial charge in [-0.1, -0.05) is 12.1 Å². The molecule has 0 atom stereocenters. The van der Waals surface area contributed by atoms with E-state index in [-0.39, 0.29) is 0 Å². The maximum atomic E-state index is 8.82. The van der Waals surface area contributed by atoms with Gasteiger partial charge < -0.3 is 0 Å². The van der Waals surface area contributed by atoms with Gasteiger partial charge in [0.2, 0.25) is 0 Å². The van der Waals surface area contributed by atoms with E-state index in [9.17, 15) is 0 Å². The van der Waals surface area contributed by atoms with Crippen LogP contribution < -0.4 is 0 Å². The predicted molar refractivity (Wildman–Crippen MR) is 61.7 cm³/mol. The molecule has 1 heterocycles. The van der Waals surface area contributed by atoms with Gasteiger partial charge >= 0.3 is 0 Å². The molecule has 0 N–H and O–H groups in total. The monoisotopic (exact) mass is 214 g/mol. The molecule has 2 nitrogen and oxygen atoms in total. The molecule has 0 unspecified atom stereocenters. The van der Waals surface area contributed by atoms with Crippen LogP contribution in [0.2, 0.25) is 0 Å². The van der Waals surface area contributed by atoms with Crippen LogP contribution in [0.15, 0.2) is 24.3 Å². The summed E-state index contributed by atoms with van der Waals surface area (Å²) in [5.41, 5.74) is 2.81. The van der Waals surface area contributed by atoms with Crippen LogP contribution in [0.25, 0.3) is 10.4 Å². The molecule has 0 amide bonds. The van der Waals surface area contributed by atoms with Crippen molar-refractivity contribution in [2.75, 3.05) is 0 Å². The van der Waals surface area contributed by atoms with E-state index in [2.05, 4.69) is 11.1 Å². The molecule has 2 rings (SSSR count). The van der Waals surface area contributed by atoms with Crippen LogP contribution >= 0.6 is 11.3 Å². The maximum Gasteiger partial charge on any atom is 0.0991 e. The molecule has 3 heteroatoms. The topological polar surface area (TPSA) is 36.7 Å². The molecule has 15 heavy (non-hydrogen) atoms. The first kappa shape index (κ1) is 9.88. The number of nitrogens with zero attached hydrogens (tertiary/aromatic N) is 2. The normalized spacial score (nSPS) is 9.93. The number of thiazole rings is 1. The molecule has 0 aliphatic rings. The number of hydrogen-bond acceptors (Lipinski definition) is 3. The van der Waals surface area contributed by atoms with E-state index in [1.54, 1.807) is 11.3 Å². The largest absolute Gasteiger partial charge is 0.246 e. The summed E-state index contributed by atoms with van der Waals surface area (Å²) >= 11 is 1.67. The van der Waals surface area contributed by atoms with Gasteiger partial charge in [-0.3, -0.25) is 0 Å². The standard InChI is InChI=1S/C12H10N2S/c1-8-12(15-9(2)14-8)11-5-3-4-10(6-11)7-13/h3-6H,1-2H3. The van der Waals surface area contributed by atoms with E-state index in [0.717, 1.165) is 21.1 Å². The Labute approximate surface area is 92.8 Å². The second kappa shape index (κ2) is 3.84. The summed E-state index contributed by atoms with van der Waals surface area (Å²) in [6, 6.07) is 9.78. The molecular formula is C12H10N2S. The Morgan fingerprint density at radius 1 is 1.33 bits per heavy atom. The molecule has 0 spiro atoms. The Balaban J connectivity index is 2.55. The lowest BCUT2D eigenvalue weighted by Gasteiger charge is -1.98. The molecule has 74 valence electrons. The van der Waals surface area contributed by atoms with Crippen molar-refractivity contribution in [2.45, 2.75) is 13.8 Å². The highest BCUT2D eigenvalue weighted by molar-refractivity contribution is 7.15. The van der Waals surface area contributed by atoms with Gasteiger partial charge in [-0.15, -0.1) is 11.3 Å². The zero-order valence-corrected chi connectivity index (χ0v) is 9.43. The lowest BCUT2D eigenvalue weighted by atomic mass is 10.1. The Morgan fingerprint density at radius 2 is 2.13 bits per heavy atom. The zero-order chi connectivity index (χ0) is 10.8. The number of nitriles is 1. The molecule has 0 aliphatic heterocycles.